The molecule has 9 heteroatoms. The predicted octanol–water partition coefficient (Wildman–Crippen LogP) is 4.26. The molecule has 0 aliphatic rings. The van der Waals surface area contributed by atoms with Crippen molar-refractivity contribution in [3.8, 4) is 23.1 Å². The van der Waals surface area contributed by atoms with Gasteiger partial charge < -0.3 is 14.8 Å². The van der Waals surface area contributed by atoms with Crippen molar-refractivity contribution in [2.75, 3.05) is 12.4 Å². The highest BCUT2D eigenvalue weighted by atomic mass is 32.1. The second-order valence-electron chi connectivity index (χ2n) is 6.67. The lowest BCUT2D eigenvalue weighted by molar-refractivity contribution is -0.112. The summed E-state index contributed by atoms with van der Waals surface area (Å²) in [5, 5.41) is 21.1. The average molecular weight is 436 g/mol. The molecule has 1 amide bonds. The van der Waals surface area contributed by atoms with Gasteiger partial charge in [-0.25, -0.2) is 4.79 Å². The van der Waals surface area contributed by atoms with Gasteiger partial charge in [0.1, 0.15) is 22.4 Å². The van der Waals surface area contributed by atoms with Gasteiger partial charge in [0.25, 0.3) is 5.91 Å². The molecule has 2 aromatic heterocycles. The Labute approximate surface area is 183 Å². The highest BCUT2D eigenvalue weighted by molar-refractivity contribution is 7.14. The molecule has 1 aromatic carbocycles. The van der Waals surface area contributed by atoms with E-state index < -0.39 is 11.9 Å². The molecule has 2 heterocycles. The van der Waals surface area contributed by atoms with Gasteiger partial charge in [-0.1, -0.05) is 0 Å². The van der Waals surface area contributed by atoms with Crippen LogP contribution in [0.1, 0.15) is 29.8 Å². The minimum atomic E-state index is -0.634. The summed E-state index contributed by atoms with van der Waals surface area (Å²) in [5.74, 6) is -0.462. The van der Waals surface area contributed by atoms with Crippen molar-refractivity contribution < 1.29 is 19.1 Å². The molecule has 0 aliphatic carbocycles. The molecule has 3 rings (SSSR count). The topological polar surface area (TPSA) is 117 Å². The molecule has 0 radical (unpaired) electrons. The number of benzene rings is 1. The first-order valence-electron chi connectivity index (χ1n) is 9.32. The molecule has 0 atom stereocenters. The molecular formula is C22H20N4O4S. The molecule has 0 saturated carbocycles. The van der Waals surface area contributed by atoms with E-state index in [0.717, 1.165) is 5.56 Å². The lowest BCUT2D eigenvalue weighted by Gasteiger charge is -2.09. The number of hydrogen-bond acceptors (Lipinski definition) is 7. The van der Waals surface area contributed by atoms with Crippen LogP contribution in [0.5, 0.6) is 5.75 Å². The minimum absolute atomic E-state index is 0.132. The number of thiophene rings is 1. The second-order valence-corrected chi connectivity index (χ2v) is 7.59. The Hall–Kier alpha value is -3.90. The van der Waals surface area contributed by atoms with Crippen LogP contribution < -0.4 is 10.1 Å². The quantitative estimate of drug-likeness (QED) is 0.325. The third-order valence-corrected chi connectivity index (χ3v) is 5.00. The number of rotatable bonds is 7. The number of aromatic amines is 1. The summed E-state index contributed by atoms with van der Waals surface area (Å²) in [4.78, 5) is 24.9. The Kier molecular flexibility index (Phi) is 6.85. The van der Waals surface area contributed by atoms with Gasteiger partial charge in [0.05, 0.1) is 30.7 Å². The van der Waals surface area contributed by atoms with Crippen LogP contribution in [0.3, 0.4) is 0 Å². The second kappa shape index (κ2) is 9.73. The van der Waals surface area contributed by atoms with Crippen LogP contribution in [0.25, 0.3) is 17.3 Å². The van der Waals surface area contributed by atoms with E-state index in [4.69, 9.17) is 9.47 Å². The molecule has 0 spiro atoms. The highest BCUT2D eigenvalue weighted by Gasteiger charge is 2.19. The van der Waals surface area contributed by atoms with Crippen LogP contribution in [0.2, 0.25) is 0 Å². The molecule has 2 N–H and O–H groups in total. The zero-order valence-corrected chi connectivity index (χ0v) is 17.9. The summed E-state index contributed by atoms with van der Waals surface area (Å²) in [6.45, 7) is 3.48. The van der Waals surface area contributed by atoms with E-state index in [1.165, 1.54) is 23.6 Å². The number of hydrogen-bond donors (Lipinski definition) is 2. The number of aromatic nitrogens is 2. The molecule has 0 bridgehead atoms. The van der Waals surface area contributed by atoms with Gasteiger partial charge in [-0.3, -0.25) is 9.89 Å². The van der Waals surface area contributed by atoms with Crippen LogP contribution in [0, 0.1) is 11.3 Å². The van der Waals surface area contributed by atoms with Crippen LogP contribution in [0.4, 0.5) is 5.00 Å². The summed E-state index contributed by atoms with van der Waals surface area (Å²) >= 11 is 1.17. The van der Waals surface area contributed by atoms with Gasteiger partial charge in [0.2, 0.25) is 0 Å². The number of nitrogens with zero attached hydrogens (tertiary/aromatic N) is 2. The molecule has 0 saturated heterocycles. The van der Waals surface area contributed by atoms with Crippen molar-refractivity contribution in [2.24, 2.45) is 0 Å². The zero-order chi connectivity index (χ0) is 22.4. The lowest BCUT2D eigenvalue weighted by Crippen LogP contribution is -2.17. The fourth-order valence-electron chi connectivity index (χ4n) is 2.71. The van der Waals surface area contributed by atoms with Crippen LogP contribution in [0.15, 0.2) is 47.5 Å². The standard InChI is InChI=1S/C22H20N4O4S/c1-13(2)30-22(28)18-8-9-31-21(18)25-20(27)15(11-23)10-16-12-24-26-19(16)14-4-6-17(29-3)7-5-14/h4-10,12-13H,1-3H3,(H,24,26)(H,25,27)/b15-10+. The first-order valence-corrected chi connectivity index (χ1v) is 10.2. The van der Waals surface area contributed by atoms with E-state index in [-0.39, 0.29) is 17.2 Å². The molecule has 0 aliphatic heterocycles. The van der Waals surface area contributed by atoms with E-state index in [0.29, 0.717) is 22.0 Å². The van der Waals surface area contributed by atoms with E-state index in [9.17, 15) is 14.9 Å². The third kappa shape index (κ3) is 5.18. The maximum Gasteiger partial charge on any atom is 0.341 e. The SMILES string of the molecule is COc1ccc(-c2[nH]ncc2/C=C(\C#N)C(=O)Nc2sccc2C(=O)OC(C)C)cc1. The summed E-state index contributed by atoms with van der Waals surface area (Å²) in [6, 6.07) is 10.8. The number of amides is 1. The molecular weight excluding hydrogens is 416 g/mol. The first-order chi connectivity index (χ1) is 14.9. The van der Waals surface area contributed by atoms with E-state index in [1.807, 2.05) is 18.2 Å². The molecule has 0 unspecified atom stereocenters. The fourth-order valence-corrected chi connectivity index (χ4v) is 3.48. The Morgan fingerprint density at radius 1 is 1.26 bits per heavy atom. The van der Waals surface area contributed by atoms with Gasteiger partial charge in [-0.15, -0.1) is 11.3 Å². The number of nitrogens with one attached hydrogen (secondary N) is 2. The molecule has 31 heavy (non-hydrogen) atoms. The summed E-state index contributed by atoms with van der Waals surface area (Å²) < 4.78 is 10.3. The maximum absolute atomic E-state index is 12.7. The van der Waals surface area contributed by atoms with Gasteiger partial charge >= 0.3 is 5.97 Å². The van der Waals surface area contributed by atoms with Gasteiger partial charge in [-0.05, 0) is 55.6 Å². The van der Waals surface area contributed by atoms with Crippen molar-refractivity contribution in [1.29, 1.82) is 5.26 Å². The summed E-state index contributed by atoms with van der Waals surface area (Å²) in [7, 11) is 1.58. The number of methoxy groups -OCH3 is 1. The predicted molar refractivity (Wildman–Crippen MR) is 118 cm³/mol. The van der Waals surface area contributed by atoms with Gasteiger partial charge in [0.15, 0.2) is 0 Å². The highest BCUT2D eigenvalue weighted by Crippen LogP contribution is 2.27. The Balaban J connectivity index is 1.83. The summed E-state index contributed by atoms with van der Waals surface area (Å²) in [6.07, 6.45) is 2.68. The van der Waals surface area contributed by atoms with Gasteiger partial charge in [-0.2, -0.15) is 10.4 Å². The molecule has 8 nitrogen and oxygen atoms in total. The van der Waals surface area contributed by atoms with Crippen LogP contribution in [-0.2, 0) is 9.53 Å². The maximum atomic E-state index is 12.7. The van der Waals surface area contributed by atoms with Crippen molar-refractivity contribution >= 4 is 34.3 Å². The van der Waals surface area contributed by atoms with E-state index in [2.05, 4.69) is 15.5 Å². The molecule has 0 fully saturated rings. The van der Waals surface area contributed by atoms with E-state index >= 15 is 0 Å². The number of ether oxygens (including phenoxy) is 2. The first kappa shape index (κ1) is 21.8. The minimum Gasteiger partial charge on any atom is -0.497 e. The number of H-pyrrole nitrogens is 1. The number of carbonyl (C=O) groups is 2. The smallest absolute Gasteiger partial charge is 0.341 e. The number of carbonyl (C=O) groups excluding carboxylic acids is 2. The Morgan fingerprint density at radius 3 is 2.65 bits per heavy atom. The number of nitriles is 1. The van der Waals surface area contributed by atoms with Crippen LogP contribution >= 0.6 is 11.3 Å². The monoisotopic (exact) mass is 436 g/mol. The lowest BCUT2D eigenvalue weighted by atomic mass is 10.1. The zero-order valence-electron chi connectivity index (χ0n) is 17.1. The van der Waals surface area contributed by atoms with Crippen molar-refractivity contribution in [2.45, 2.75) is 20.0 Å². The van der Waals surface area contributed by atoms with E-state index in [1.54, 1.807) is 44.5 Å². The Bertz CT molecular complexity index is 1150. The number of esters is 1. The fraction of sp³-hybridized carbons (Fsp3) is 0.182. The molecule has 158 valence electrons. The third-order valence-electron chi connectivity index (χ3n) is 4.17. The van der Waals surface area contributed by atoms with Crippen LogP contribution in [-0.4, -0.2) is 35.3 Å². The largest absolute Gasteiger partial charge is 0.497 e. The van der Waals surface area contributed by atoms with Gasteiger partial charge in [0, 0.05) is 11.1 Å². The Morgan fingerprint density at radius 2 is 2.00 bits per heavy atom. The normalized spacial score (nSPS) is 11.1. The number of anilines is 1. The van der Waals surface area contributed by atoms with Crippen molar-refractivity contribution in [1.82, 2.24) is 10.2 Å². The summed E-state index contributed by atoms with van der Waals surface area (Å²) in [5.41, 5.74) is 2.15. The van der Waals surface area contributed by atoms with Crippen molar-refractivity contribution in [3.05, 3.63) is 58.6 Å². The van der Waals surface area contributed by atoms with Crippen molar-refractivity contribution in [3.63, 3.8) is 0 Å². The molecule has 3 aromatic rings. The average Bonchev–Trinajstić information content (AvgIpc) is 3.40.